The molecule has 11 heteroatoms. The standard InChI is InChI=1S/C10H9ClN4O6/c11-5-4-6-8(13-21-15(6)20)9(10(5)14(18)19)12-3-1-2-7(16)17/h4,12H,1-3H2,(H,16,17). The predicted octanol–water partition coefficient (Wildman–Crippen LogP) is 1.30. The number of nitrogens with zero attached hydrogens (tertiary/aromatic N) is 3. The molecule has 0 spiro atoms. The van der Waals surface area contributed by atoms with E-state index in [9.17, 15) is 20.1 Å². The molecule has 1 aromatic carbocycles. The normalized spacial score (nSPS) is 10.7. The van der Waals surface area contributed by atoms with Crippen molar-refractivity contribution in [3.8, 4) is 0 Å². The molecule has 0 fully saturated rings. The smallest absolute Gasteiger partial charge is 0.315 e. The Morgan fingerprint density at radius 3 is 2.95 bits per heavy atom. The molecular formula is C10H9ClN4O6. The van der Waals surface area contributed by atoms with Gasteiger partial charge in [0.25, 0.3) is 5.52 Å². The predicted molar refractivity (Wildman–Crippen MR) is 70.0 cm³/mol. The van der Waals surface area contributed by atoms with E-state index in [1.165, 1.54) is 0 Å². The largest absolute Gasteiger partial charge is 0.481 e. The molecule has 2 N–H and O–H groups in total. The summed E-state index contributed by atoms with van der Waals surface area (Å²) in [7, 11) is 0. The Bertz CT molecular complexity index is 715. The summed E-state index contributed by atoms with van der Waals surface area (Å²) in [5.74, 6) is -0.985. The fraction of sp³-hybridized carbons (Fsp3) is 0.300. The highest BCUT2D eigenvalue weighted by Gasteiger charge is 2.28. The molecule has 0 radical (unpaired) electrons. The van der Waals surface area contributed by atoms with E-state index in [0.29, 0.717) is 0 Å². The van der Waals surface area contributed by atoms with Gasteiger partial charge >= 0.3 is 11.7 Å². The third kappa shape index (κ3) is 2.94. The second-order valence-electron chi connectivity index (χ2n) is 4.06. The first-order valence-corrected chi connectivity index (χ1v) is 6.11. The average molecular weight is 317 g/mol. The van der Waals surface area contributed by atoms with Crippen LogP contribution in [0.25, 0.3) is 11.0 Å². The molecule has 0 unspecified atom stereocenters. The van der Waals surface area contributed by atoms with E-state index in [2.05, 4.69) is 15.1 Å². The Hall–Kier alpha value is -2.62. The molecule has 0 aliphatic rings. The number of hydrogen-bond donors (Lipinski definition) is 2. The fourth-order valence-electron chi connectivity index (χ4n) is 1.77. The van der Waals surface area contributed by atoms with Crippen LogP contribution in [0.3, 0.4) is 0 Å². The number of aromatic nitrogens is 2. The third-order valence-corrected chi connectivity index (χ3v) is 2.95. The molecule has 0 saturated carbocycles. The Morgan fingerprint density at radius 1 is 1.62 bits per heavy atom. The van der Waals surface area contributed by atoms with Crippen LogP contribution in [0.15, 0.2) is 10.7 Å². The summed E-state index contributed by atoms with van der Waals surface area (Å²) in [5, 5.41) is 36.8. The summed E-state index contributed by atoms with van der Waals surface area (Å²) in [4.78, 5) is 20.9. The highest BCUT2D eigenvalue weighted by Crippen LogP contribution is 2.37. The van der Waals surface area contributed by atoms with Gasteiger partial charge in [0.05, 0.1) is 4.92 Å². The van der Waals surface area contributed by atoms with E-state index in [1.807, 2.05) is 0 Å². The van der Waals surface area contributed by atoms with Crippen molar-refractivity contribution in [1.29, 1.82) is 0 Å². The summed E-state index contributed by atoms with van der Waals surface area (Å²) in [6, 6.07) is 1.08. The van der Waals surface area contributed by atoms with E-state index >= 15 is 0 Å². The van der Waals surface area contributed by atoms with Crippen LogP contribution in [-0.2, 0) is 4.79 Å². The second-order valence-corrected chi connectivity index (χ2v) is 4.47. The zero-order chi connectivity index (χ0) is 15.6. The molecule has 21 heavy (non-hydrogen) atoms. The van der Waals surface area contributed by atoms with Gasteiger partial charge in [-0.15, -0.1) is 0 Å². The molecule has 112 valence electrons. The maximum atomic E-state index is 11.3. The summed E-state index contributed by atoms with van der Waals surface area (Å²) < 4.78 is 4.39. The monoisotopic (exact) mass is 316 g/mol. The first kappa shape index (κ1) is 14.8. The van der Waals surface area contributed by atoms with Crippen LogP contribution < -0.4 is 10.2 Å². The Balaban J connectivity index is 2.40. The van der Waals surface area contributed by atoms with Gasteiger partial charge in [-0.2, -0.15) is 0 Å². The van der Waals surface area contributed by atoms with Crippen molar-refractivity contribution in [3.05, 3.63) is 26.4 Å². The van der Waals surface area contributed by atoms with Gasteiger partial charge in [-0.25, -0.2) is 0 Å². The fourth-order valence-corrected chi connectivity index (χ4v) is 2.04. The molecular weight excluding hydrogens is 308 g/mol. The maximum Gasteiger partial charge on any atom is 0.315 e. The van der Waals surface area contributed by atoms with Crippen LogP contribution in [0.1, 0.15) is 12.8 Å². The lowest BCUT2D eigenvalue weighted by Gasteiger charge is -2.06. The maximum absolute atomic E-state index is 11.3. The van der Waals surface area contributed by atoms with Crippen LogP contribution in [0.4, 0.5) is 11.4 Å². The van der Waals surface area contributed by atoms with Crippen molar-refractivity contribution in [2.75, 3.05) is 11.9 Å². The first-order chi connectivity index (χ1) is 9.91. The molecule has 0 amide bonds. The molecule has 2 rings (SSSR count). The van der Waals surface area contributed by atoms with Gasteiger partial charge in [0.1, 0.15) is 5.02 Å². The molecule has 0 saturated heterocycles. The number of nitro benzene ring substituents is 1. The zero-order valence-electron chi connectivity index (χ0n) is 10.4. The molecule has 10 nitrogen and oxygen atoms in total. The van der Waals surface area contributed by atoms with Gasteiger partial charge in [0.2, 0.25) is 5.52 Å². The minimum Gasteiger partial charge on any atom is -0.481 e. The Labute approximate surface area is 121 Å². The number of carboxylic acid groups (broad SMARTS) is 1. The van der Waals surface area contributed by atoms with Crippen molar-refractivity contribution in [2.45, 2.75) is 12.8 Å². The third-order valence-electron chi connectivity index (χ3n) is 2.66. The summed E-state index contributed by atoms with van der Waals surface area (Å²) in [5.41, 5.74) is -0.637. The number of aliphatic carboxylic acids is 1. The average Bonchev–Trinajstić information content (AvgIpc) is 2.75. The van der Waals surface area contributed by atoms with Crippen molar-refractivity contribution >= 4 is 40.0 Å². The van der Waals surface area contributed by atoms with Gasteiger partial charge in [-0.3, -0.25) is 19.5 Å². The van der Waals surface area contributed by atoms with Crippen LogP contribution in [0.2, 0.25) is 5.02 Å². The van der Waals surface area contributed by atoms with E-state index < -0.39 is 16.6 Å². The van der Waals surface area contributed by atoms with Gasteiger partial charge in [-0.05, 0) is 11.3 Å². The molecule has 2 aromatic rings. The lowest BCUT2D eigenvalue weighted by molar-refractivity contribution is -0.782. The molecule has 0 aliphatic carbocycles. The van der Waals surface area contributed by atoms with Crippen molar-refractivity contribution < 1.29 is 24.4 Å². The van der Waals surface area contributed by atoms with Crippen LogP contribution in [0, 0.1) is 15.3 Å². The number of benzene rings is 1. The Kier molecular flexibility index (Phi) is 4.08. The van der Waals surface area contributed by atoms with Gasteiger partial charge in [0.15, 0.2) is 5.69 Å². The van der Waals surface area contributed by atoms with E-state index in [0.717, 1.165) is 6.07 Å². The number of rotatable bonds is 6. The van der Waals surface area contributed by atoms with Crippen molar-refractivity contribution in [2.24, 2.45) is 0 Å². The number of carbonyl (C=O) groups is 1. The van der Waals surface area contributed by atoms with Crippen molar-refractivity contribution in [1.82, 2.24) is 5.16 Å². The lowest BCUT2D eigenvalue weighted by Crippen LogP contribution is -2.22. The number of nitro groups is 1. The minimum absolute atomic E-state index is 0.0450. The molecule has 1 heterocycles. The number of hydrogen-bond acceptors (Lipinski definition) is 7. The number of carboxylic acids is 1. The van der Waals surface area contributed by atoms with Gasteiger partial charge in [0, 0.05) is 24.2 Å². The Morgan fingerprint density at radius 2 is 2.33 bits per heavy atom. The number of fused-ring (bicyclic) bond motifs is 1. The number of halogens is 1. The first-order valence-electron chi connectivity index (χ1n) is 5.73. The highest BCUT2D eigenvalue weighted by atomic mass is 35.5. The van der Waals surface area contributed by atoms with Crippen molar-refractivity contribution in [3.63, 3.8) is 0 Å². The minimum atomic E-state index is -0.985. The summed E-state index contributed by atoms with van der Waals surface area (Å²) in [6.45, 7) is 0.133. The molecule has 0 atom stereocenters. The van der Waals surface area contributed by atoms with Gasteiger partial charge < -0.3 is 15.6 Å². The molecule has 1 aromatic heterocycles. The quantitative estimate of drug-likeness (QED) is 0.351. The van der Waals surface area contributed by atoms with E-state index in [4.69, 9.17) is 16.7 Å². The molecule has 0 aliphatic heterocycles. The topological polar surface area (TPSA) is 145 Å². The van der Waals surface area contributed by atoms with E-state index in [-0.39, 0.29) is 46.0 Å². The second kappa shape index (κ2) is 5.79. The van der Waals surface area contributed by atoms with Crippen LogP contribution in [0.5, 0.6) is 0 Å². The van der Waals surface area contributed by atoms with Crippen LogP contribution in [-0.4, -0.2) is 27.7 Å². The number of anilines is 1. The van der Waals surface area contributed by atoms with E-state index in [1.54, 1.807) is 0 Å². The lowest BCUT2D eigenvalue weighted by atomic mass is 10.2. The SMILES string of the molecule is O=C(O)CCCNc1c([N+](=O)[O-])c(Cl)cc2c1no[n+]2[O-]. The number of nitrogens with one attached hydrogen (secondary N) is 1. The zero-order valence-corrected chi connectivity index (χ0v) is 11.2. The van der Waals surface area contributed by atoms with Crippen LogP contribution >= 0.6 is 11.6 Å². The van der Waals surface area contributed by atoms with Gasteiger partial charge in [-0.1, -0.05) is 11.6 Å². The summed E-state index contributed by atoms with van der Waals surface area (Å²) >= 11 is 5.80. The highest BCUT2D eigenvalue weighted by molar-refractivity contribution is 6.34. The molecule has 0 bridgehead atoms. The summed E-state index contributed by atoms with van der Waals surface area (Å²) in [6.07, 6.45) is 0.126.